The van der Waals surface area contributed by atoms with Crippen molar-refractivity contribution < 1.29 is 9.90 Å². The summed E-state index contributed by atoms with van der Waals surface area (Å²) in [6.07, 6.45) is 17.3. The Labute approximate surface area is 141 Å². The molecule has 1 unspecified atom stereocenters. The van der Waals surface area contributed by atoms with Crippen molar-refractivity contribution in [1.29, 1.82) is 0 Å². The summed E-state index contributed by atoms with van der Waals surface area (Å²) in [6.45, 7) is 9.26. The van der Waals surface area contributed by atoms with Crippen LogP contribution >= 0.6 is 9.24 Å². The maximum absolute atomic E-state index is 9.60. The number of carbonyl (C=O) groups is 1. The molecule has 0 fully saturated rings. The van der Waals surface area contributed by atoms with Gasteiger partial charge in [-0.15, -0.1) is 9.24 Å². The summed E-state index contributed by atoms with van der Waals surface area (Å²) in [5.41, 5.74) is 0.176. The number of hydrogen-bond donors (Lipinski definition) is 1. The van der Waals surface area contributed by atoms with Crippen LogP contribution in [-0.2, 0) is 4.79 Å². The van der Waals surface area contributed by atoms with Crippen molar-refractivity contribution in [3.63, 3.8) is 0 Å². The molecule has 1 atom stereocenters. The molecule has 0 rings (SSSR count). The molecule has 0 heterocycles. The minimum atomic E-state index is -0.935. The summed E-state index contributed by atoms with van der Waals surface area (Å²) in [6, 6.07) is 0. The third-order valence-corrected chi connectivity index (χ3v) is 4.01. The maximum atomic E-state index is 9.60. The molecule has 3 heteroatoms. The predicted octanol–water partition coefficient (Wildman–Crippen LogP) is 6.46. The van der Waals surface area contributed by atoms with Crippen LogP contribution in [0.2, 0.25) is 0 Å². The van der Waals surface area contributed by atoms with Gasteiger partial charge in [0.1, 0.15) is 0 Å². The van der Waals surface area contributed by atoms with E-state index in [9.17, 15) is 4.79 Å². The van der Waals surface area contributed by atoms with E-state index in [0.717, 1.165) is 5.92 Å². The van der Waals surface area contributed by atoms with E-state index < -0.39 is 5.97 Å². The molecule has 0 aliphatic heterocycles. The molecule has 0 aliphatic carbocycles. The second-order valence-electron chi connectivity index (χ2n) is 6.59. The lowest BCUT2D eigenvalue weighted by Gasteiger charge is -2.04. The fourth-order valence-corrected chi connectivity index (χ4v) is 2.40. The molecule has 0 radical (unpaired) electrons. The normalized spacial score (nSPS) is 10.2. The van der Waals surface area contributed by atoms with Crippen LogP contribution in [0.25, 0.3) is 0 Å². The zero-order valence-electron chi connectivity index (χ0n) is 15.2. The molecule has 1 N–H and O–H groups in total. The first kappa shape index (κ1) is 23.9. The van der Waals surface area contributed by atoms with E-state index in [4.69, 9.17) is 5.11 Å². The van der Waals surface area contributed by atoms with Gasteiger partial charge in [-0.3, -0.25) is 0 Å². The third kappa shape index (κ3) is 24.6. The highest BCUT2D eigenvalue weighted by molar-refractivity contribution is 7.16. The maximum Gasteiger partial charge on any atom is 0.330 e. The summed E-state index contributed by atoms with van der Waals surface area (Å²) in [5, 5.41) is 7.89. The van der Waals surface area contributed by atoms with Crippen LogP contribution < -0.4 is 0 Å². The quantitative estimate of drug-likeness (QED) is 0.239. The Morgan fingerprint density at radius 3 is 1.50 bits per heavy atom. The van der Waals surface area contributed by atoms with Gasteiger partial charge in [0, 0.05) is 5.57 Å². The van der Waals surface area contributed by atoms with Crippen molar-refractivity contribution in [1.82, 2.24) is 0 Å². The Hall–Kier alpha value is -0.360. The Balaban J connectivity index is 0. The molecule has 0 saturated heterocycles. The average Bonchev–Trinajstić information content (AvgIpc) is 2.45. The van der Waals surface area contributed by atoms with Crippen LogP contribution in [-0.4, -0.2) is 17.2 Å². The van der Waals surface area contributed by atoms with Gasteiger partial charge in [0.05, 0.1) is 0 Å². The monoisotopic (exact) mass is 330 g/mol. The van der Waals surface area contributed by atoms with Crippen molar-refractivity contribution in [2.24, 2.45) is 5.92 Å². The fraction of sp³-hybridized carbons (Fsp3) is 0.842. The van der Waals surface area contributed by atoms with E-state index in [1.54, 1.807) is 0 Å². The van der Waals surface area contributed by atoms with Gasteiger partial charge in [-0.2, -0.15) is 0 Å². The number of carboxylic acids is 1. The Kier molecular flexibility index (Phi) is 20.3. The summed E-state index contributed by atoms with van der Waals surface area (Å²) in [4.78, 5) is 9.60. The number of carboxylic acid groups (broad SMARTS) is 1. The van der Waals surface area contributed by atoms with Gasteiger partial charge < -0.3 is 5.11 Å². The summed E-state index contributed by atoms with van der Waals surface area (Å²) < 4.78 is 0. The first-order valence-corrected chi connectivity index (χ1v) is 9.82. The number of aliphatic carboxylic acids is 1. The lowest BCUT2D eigenvalue weighted by Crippen LogP contribution is -1.92. The molecule has 0 bridgehead atoms. The second-order valence-corrected chi connectivity index (χ2v) is 7.17. The summed E-state index contributed by atoms with van der Waals surface area (Å²) in [5.74, 6) is -0.0354. The molecule has 0 aromatic carbocycles. The molecule has 0 saturated carbocycles. The smallest absolute Gasteiger partial charge is 0.330 e. The standard InChI is InChI=1S/C15H33P.C4H6O2/c1-15(2)13-11-9-7-5-3-4-6-8-10-12-14-16;1-3(2)4(5)6/h15H,3-14,16H2,1-2H3;1H2,2H3,(H,5,6). The first-order valence-electron chi connectivity index (χ1n) is 9.00. The van der Waals surface area contributed by atoms with Crippen LogP contribution in [0.4, 0.5) is 0 Å². The summed E-state index contributed by atoms with van der Waals surface area (Å²) in [7, 11) is 2.82. The Morgan fingerprint density at radius 2 is 1.23 bits per heavy atom. The van der Waals surface area contributed by atoms with Crippen LogP contribution in [0.5, 0.6) is 0 Å². The SMILES string of the molecule is C=C(C)C(=O)O.CC(C)CCCCCCCCCCCCP. The van der Waals surface area contributed by atoms with Crippen LogP contribution in [0.15, 0.2) is 12.2 Å². The third-order valence-electron chi connectivity index (χ3n) is 3.60. The van der Waals surface area contributed by atoms with Gasteiger partial charge in [0.2, 0.25) is 0 Å². The molecule has 0 amide bonds. The van der Waals surface area contributed by atoms with E-state index in [0.29, 0.717) is 0 Å². The number of unbranched alkanes of at least 4 members (excludes halogenated alkanes) is 9. The molecule has 22 heavy (non-hydrogen) atoms. The molecule has 2 nitrogen and oxygen atoms in total. The van der Waals surface area contributed by atoms with Crippen molar-refractivity contribution in [2.75, 3.05) is 6.16 Å². The largest absolute Gasteiger partial charge is 0.478 e. The van der Waals surface area contributed by atoms with E-state index in [1.807, 2.05) is 0 Å². The molecule has 0 aromatic heterocycles. The van der Waals surface area contributed by atoms with Gasteiger partial charge in [-0.25, -0.2) is 4.79 Å². The molecular weight excluding hydrogens is 291 g/mol. The Bertz CT molecular complexity index is 250. The van der Waals surface area contributed by atoms with Crippen LogP contribution in [0.1, 0.15) is 91.4 Å². The van der Waals surface area contributed by atoms with E-state index in [2.05, 4.69) is 29.7 Å². The summed E-state index contributed by atoms with van der Waals surface area (Å²) >= 11 is 0. The van der Waals surface area contributed by atoms with Crippen LogP contribution in [0, 0.1) is 5.92 Å². The highest BCUT2D eigenvalue weighted by Gasteiger charge is 1.95. The van der Waals surface area contributed by atoms with Gasteiger partial charge in [-0.1, -0.05) is 84.6 Å². The minimum Gasteiger partial charge on any atom is -0.478 e. The molecule has 0 spiro atoms. The minimum absolute atomic E-state index is 0.176. The van der Waals surface area contributed by atoms with Gasteiger partial charge >= 0.3 is 5.97 Å². The van der Waals surface area contributed by atoms with Crippen molar-refractivity contribution in [3.8, 4) is 0 Å². The van der Waals surface area contributed by atoms with Crippen LogP contribution in [0.3, 0.4) is 0 Å². The van der Waals surface area contributed by atoms with Gasteiger partial charge in [-0.05, 0) is 25.4 Å². The van der Waals surface area contributed by atoms with Crippen molar-refractivity contribution in [3.05, 3.63) is 12.2 Å². The van der Waals surface area contributed by atoms with Crippen molar-refractivity contribution in [2.45, 2.75) is 91.4 Å². The van der Waals surface area contributed by atoms with E-state index in [1.165, 1.54) is 83.7 Å². The van der Waals surface area contributed by atoms with Crippen molar-refractivity contribution >= 4 is 15.2 Å². The van der Waals surface area contributed by atoms with Gasteiger partial charge in [0.25, 0.3) is 0 Å². The van der Waals surface area contributed by atoms with E-state index >= 15 is 0 Å². The average molecular weight is 330 g/mol. The predicted molar refractivity (Wildman–Crippen MR) is 103 cm³/mol. The zero-order valence-corrected chi connectivity index (χ0v) is 16.4. The molecule has 0 aromatic rings. The highest BCUT2D eigenvalue weighted by Crippen LogP contribution is 2.13. The second kappa shape index (κ2) is 18.7. The highest BCUT2D eigenvalue weighted by atomic mass is 31.0. The zero-order chi connectivity index (χ0) is 17.2. The van der Waals surface area contributed by atoms with Gasteiger partial charge in [0.15, 0.2) is 0 Å². The Morgan fingerprint density at radius 1 is 0.909 bits per heavy atom. The fourth-order valence-electron chi connectivity index (χ4n) is 2.11. The topological polar surface area (TPSA) is 37.3 Å². The number of hydrogen-bond acceptors (Lipinski definition) is 1. The lowest BCUT2D eigenvalue weighted by molar-refractivity contribution is -0.132. The number of rotatable bonds is 13. The van der Waals surface area contributed by atoms with E-state index in [-0.39, 0.29) is 5.57 Å². The molecular formula is C19H39O2P. The first-order chi connectivity index (χ1) is 10.4. The molecule has 0 aliphatic rings. The lowest BCUT2D eigenvalue weighted by atomic mass is 10.0. The molecule has 132 valence electrons.